The zero-order chi connectivity index (χ0) is 11.3. The average molecular weight is 211 g/mol. The molecule has 0 fully saturated rings. The van der Waals surface area contributed by atoms with E-state index in [0.717, 1.165) is 18.6 Å². The van der Waals surface area contributed by atoms with Crippen LogP contribution in [0.5, 0.6) is 0 Å². The van der Waals surface area contributed by atoms with Crippen LogP contribution in [0.25, 0.3) is 0 Å². The SMILES string of the molecule is CCC(NCC(C)(O)CC)c1ccco1. The van der Waals surface area contributed by atoms with Gasteiger partial charge in [0.2, 0.25) is 0 Å². The summed E-state index contributed by atoms with van der Waals surface area (Å²) in [4.78, 5) is 0. The van der Waals surface area contributed by atoms with Gasteiger partial charge in [0, 0.05) is 6.54 Å². The maximum Gasteiger partial charge on any atom is 0.120 e. The lowest BCUT2D eigenvalue weighted by Crippen LogP contribution is -2.38. The van der Waals surface area contributed by atoms with Crippen LogP contribution < -0.4 is 5.32 Å². The summed E-state index contributed by atoms with van der Waals surface area (Å²) in [6, 6.07) is 4.04. The van der Waals surface area contributed by atoms with Gasteiger partial charge in [-0.15, -0.1) is 0 Å². The largest absolute Gasteiger partial charge is 0.468 e. The van der Waals surface area contributed by atoms with Crippen molar-refractivity contribution in [2.24, 2.45) is 0 Å². The molecule has 0 saturated heterocycles. The number of hydrogen-bond donors (Lipinski definition) is 2. The minimum Gasteiger partial charge on any atom is -0.468 e. The van der Waals surface area contributed by atoms with E-state index < -0.39 is 5.60 Å². The van der Waals surface area contributed by atoms with Crippen molar-refractivity contribution in [3.8, 4) is 0 Å². The van der Waals surface area contributed by atoms with Gasteiger partial charge in [-0.1, -0.05) is 13.8 Å². The predicted molar refractivity (Wildman–Crippen MR) is 60.7 cm³/mol. The summed E-state index contributed by atoms with van der Waals surface area (Å²) in [6.45, 7) is 6.51. The first kappa shape index (κ1) is 12.3. The van der Waals surface area contributed by atoms with Gasteiger partial charge in [0.15, 0.2) is 0 Å². The highest BCUT2D eigenvalue weighted by Gasteiger charge is 2.20. The number of hydrogen-bond acceptors (Lipinski definition) is 3. The molecule has 0 amide bonds. The summed E-state index contributed by atoms with van der Waals surface area (Å²) in [7, 11) is 0. The van der Waals surface area contributed by atoms with Crippen molar-refractivity contribution in [1.29, 1.82) is 0 Å². The van der Waals surface area contributed by atoms with Crippen LogP contribution in [0.4, 0.5) is 0 Å². The fourth-order valence-electron chi connectivity index (χ4n) is 1.40. The Morgan fingerprint density at radius 2 is 2.27 bits per heavy atom. The fraction of sp³-hybridized carbons (Fsp3) is 0.667. The number of furan rings is 1. The highest BCUT2D eigenvalue weighted by molar-refractivity contribution is 5.04. The maximum absolute atomic E-state index is 9.87. The first-order valence-corrected chi connectivity index (χ1v) is 5.58. The lowest BCUT2D eigenvalue weighted by Gasteiger charge is -2.24. The Hall–Kier alpha value is -0.800. The molecule has 0 bridgehead atoms. The van der Waals surface area contributed by atoms with Gasteiger partial charge in [-0.05, 0) is 31.9 Å². The van der Waals surface area contributed by atoms with E-state index >= 15 is 0 Å². The fourth-order valence-corrected chi connectivity index (χ4v) is 1.40. The van der Waals surface area contributed by atoms with Crippen molar-refractivity contribution in [2.75, 3.05) is 6.54 Å². The molecule has 1 aromatic rings. The Balaban J connectivity index is 2.49. The second-order valence-corrected chi connectivity index (χ2v) is 4.21. The van der Waals surface area contributed by atoms with E-state index in [2.05, 4.69) is 12.2 Å². The van der Waals surface area contributed by atoms with Crippen LogP contribution in [0.3, 0.4) is 0 Å². The quantitative estimate of drug-likeness (QED) is 0.760. The maximum atomic E-state index is 9.87. The molecule has 2 N–H and O–H groups in total. The molecular formula is C12H21NO2. The predicted octanol–water partition coefficient (Wildman–Crippen LogP) is 2.48. The van der Waals surface area contributed by atoms with Crippen molar-refractivity contribution in [3.63, 3.8) is 0 Å². The number of aliphatic hydroxyl groups is 1. The van der Waals surface area contributed by atoms with Crippen molar-refractivity contribution < 1.29 is 9.52 Å². The van der Waals surface area contributed by atoms with Crippen LogP contribution >= 0.6 is 0 Å². The van der Waals surface area contributed by atoms with Crippen LogP contribution in [0.15, 0.2) is 22.8 Å². The van der Waals surface area contributed by atoms with Crippen LogP contribution in [0.1, 0.15) is 45.4 Å². The van der Waals surface area contributed by atoms with Crippen molar-refractivity contribution in [1.82, 2.24) is 5.32 Å². The smallest absolute Gasteiger partial charge is 0.120 e. The molecule has 15 heavy (non-hydrogen) atoms. The van der Waals surface area contributed by atoms with Crippen LogP contribution in [0, 0.1) is 0 Å². The molecule has 0 radical (unpaired) electrons. The van der Waals surface area contributed by atoms with E-state index in [1.54, 1.807) is 6.26 Å². The second-order valence-electron chi connectivity index (χ2n) is 4.21. The molecule has 0 spiro atoms. The first-order chi connectivity index (χ1) is 7.09. The number of nitrogens with one attached hydrogen (secondary N) is 1. The average Bonchev–Trinajstić information content (AvgIpc) is 2.72. The molecule has 0 aliphatic heterocycles. The molecule has 1 aromatic heterocycles. The van der Waals surface area contributed by atoms with Gasteiger partial charge in [-0.25, -0.2) is 0 Å². The van der Waals surface area contributed by atoms with E-state index in [1.165, 1.54) is 0 Å². The molecule has 3 nitrogen and oxygen atoms in total. The zero-order valence-corrected chi connectivity index (χ0v) is 9.79. The molecule has 3 heteroatoms. The summed E-state index contributed by atoms with van der Waals surface area (Å²) in [5, 5.41) is 13.2. The summed E-state index contributed by atoms with van der Waals surface area (Å²) in [5.41, 5.74) is -0.639. The minimum atomic E-state index is -0.639. The normalized spacial score (nSPS) is 17.3. The lowest BCUT2D eigenvalue weighted by molar-refractivity contribution is 0.0518. The van der Waals surface area contributed by atoms with Crippen LogP contribution in [-0.4, -0.2) is 17.3 Å². The van der Waals surface area contributed by atoms with Crippen LogP contribution in [0.2, 0.25) is 0 Å². The molecule has 86 valence electrons. The highest BCUT2D eigenvalue weighted by atomic mass is 16.3. The Morgan fingerprint density at radius 1 is 1.53 bits per heavy atom. The van der Waals surface area contributed by atoms with Crippen LogP contribution in [-0.2, 0) is 0 Å². The molecule has 1 heterocycles. The topological polar surface area (TPSA) is 45.4 Å². The van der Waals surface area contributed by atoms with Gasteiger partial charge in [0.1, 0.15) is 5.76 Å². The van der Waals surface area contributed by atoms with Gasteiger partial charge >= 0.3 is 0 Å². The van der Waals surface area contributed by atoms with E-state index in [0.29, 0.717) is 6.54 Å². The van der Waals surface area contributed by atoms with E-state index in [9.17, 15) is 5.11 Å². The molecule has 1 rings (SSSR count). The first-order valence-electron chi connectivity index (χ1n) is 5.58. The monoisotopic (exact) mass is 211 g/mol. The Bertz CT molecular complexity index is 267. The van der Waals surface area contributed by atoms with Gasteiger partial charge < -0.3 is 14.8 Å². The zero-order valence-electron chi connectivity index (χ0n) is 9.79. The van der Waals surface area contributed by atoms with Gasteiger partial charge in [0.25, 0.3) is 0 Å². The third kappa shape index (κ3) is 3.68. The van der Waals surface area contributed by atoms with Gasteiger partial charge in [0.05, 0.1) is 17.9 Å². The minimum absolute atomic E-state index is 0.193. The Labute approximate surface area is 91.5 Å². The van der Waals surface area contributed by atoms with E-state index in [4.69, 9.17) is 4.42 Å². The molecule has 0 aliphatic rings. The van der Waals surface area contributed by atoms with E-state index in [1.807, 2.05) is 26.0 Å². The van der Waals surface area contributed by atoms with E-state index in [-0.39, 0.29) is 6.04 Å². The molecule has 0 saturated carbocycles. The number of rotatable bonds is 6. The standard InChI is InChI=1S/C12H21NO2/c1-4-10(11-7-6-8-15-11)13-9-12(3,14)5-2/h6-8,10,13-14H,4-5,9H2,1-3H3. The lowest BCUT2D eigenvalue weighted by atomic mass is 10.0. The third-order valence-electron chi connectivity index (χ3n) is 2.79. The summed E-state index contributed by atoms with van der Waals surface area (Å²) >= 11 is 0. The molecule has 0 aromatic carbocycles. The summed E-state index contributed by atoms with van der Waals surface area (Å²) in [5.74, 6) is 0.935. The van der Waals surface area contributed by atoms with Gasteiger partial charge in [-0.3, -0.25) is 0 Å². The van der Waals surface area contributed by atoms with Crippen molar-refractivity contribution in [2.45, 2.75) is 45.3 Å². The molecule has 2 unspecified atom stereocenters. The highest BCUT2D eigenvalue weighted by Crippen LogP contribution is 2.18. The molecular weight excluding hydrogens is 190 g/mol. The summed E-state index contributed by atoms with van der Waals surface area (Å²) in [6.07, 6.45) is 3.37. The third-order valence-corrected chi connectivity index (χ3v) is 2.79. The Kier molecular flexibility index (Phi) is 4.36. The molecule has 0 aliphatic carbocycles. The van der Waals surface area contributed by atoms with Gasteiger partial charge in [-0.2, -0.15) is 0 Å². The second kappa shape index (κ2) is 5.33. The van der Waals surface area contributed by atoms with Crippen molar-refractivity contribution >= 4 is 0 Å². The summed E-state index contributed by atoms with van der Waals surface area (Å²) < 4.78 is 5.34. The Morgan fingerprint density at radius 3 is 2.73 bits per heavy atom. The molecule has 2 atom stereocenters. The van der Waals surface area contributed by atoms with Crippen molar-refractivity contribution in [3.05, 3.63) is 24.2 Å².